The minimum absolute atomic E-state index is 0. The third-order valence-corrected chi connectivity index (χ3v) is 18.1. The first kappa shape index (κ1) is 99.2. The predicted octanol–water partition coefficient (Wildman–Crippen LogP) is 2.33. The summed E-state index contributed by atoms with van der Waals surface area (Å²) in [6.07, 6.45) is -13.9. The summed E-state index contributed by atoms with van der Waals surface area (Å²) < 4.78 is 126. The smallest absolute Gasteiger partial charge is 0.331 e. The van der Waals surface area contributed by atoms with Crippen LogP contribution in [0.2, 0.25) is 0 Å². The number of ether oxygens (including phenoxy) is 7. The van der Waals surface area contributed by atoms with Crippen LogP contribution in [0.15, 0.2) is 168 Å². The van der Waals surface area contributed by atoms with E-state index in [1.807, 2.05) is 42.5 Å². The van der Waals surface area contributed by atoms with Gasteiger partial charge in [0.15, 0.2) is 67.7 Å². The van der Waals surface area contributed by atoms with Crippen LogP contribution in [-0.4, -0.2) is 186 Å². The average molecular weight is 1760 g/mol. The predicted molar refractivity (Wildman–Crippen MR) is 409 cm³/mol. The minimum atomic E-state index is -1.85. The molecule has 36 nitrogen and oxygen atoms in total. The Labute approximate surface area is 646 Å². The van der Waals surface area contributed by atoms with Gasteiger partial charge in [-0.3, -0.25) is 104 Å². The first-order valence-electron chi connectivity index (χ1n) is 31.3. The lowest BCUT2D eigenvalue weighted by Gasteiger charge is -2.29. The molecule has 622 valence electrons. The van der Waals surface area contributed by atoms with Gasteiger partial charge in [0.05, 0.1) is 31.0 Å². The monoisotopic (exact) mass is 1760 g/mol. The zero-order valence-corrected chi connectivity index (χ0v) is 61.0. The van der Waals surface area contributed by atoms with Crippen LogP contribution in [0.1, 0.15) is 102 Å². The molecule has 0 aliphatic carbocycles. The normalized spacial score (nSPS) is 30.7. The number of aromatic nitrogens is 12. The van der Waals surface area contributed by atoms with Crippen molar-refractivity contribution in [3.63, 3.8) is 0 Å². The second-order valence-corrected chi connectivity index (χ2v) is 28.7. The van der Waals surface area contributed by atoms with Gasteiger partial charge in [0.25, 0.3) is 33.4 Å². The molecule has 0 radical (unpaired) electrons. The molecule has 0 amide bonds. The Morgan fingerprint density at radius 3 is 1.06 bits per heavy atom. The molecule has 46 heteroatoms. The minimum Gasteiger partial charge on any atom is -0.489 e. The lowest BCUT2D eigenvalue weighted by molar-refractivity contribution is -0.112. The quantitative estimate of drug-likeness (QED) is 0.0221. The highest BCUT2D eigenvalue weighted by atomic mass is 127. The molecule has 6 aromatic heterocycles. The van der Waals surface area contributed by atoms with Gasteiger partial charge >= 0.3 is 34.1 Å². The van der Waals surface area contributed by atoms with Gasteiger partial charge in [-0.2, -0.15) is 0 Å². The fourth-order valence-corrected chi connectivity index (χ4v) is 11.8. The van der Waals surface area contributed by atoms with Crippen LogP contribution < -0.4 is 67.5 Å². The Hall–Kier alpha value is -7.90. The lowest BCUT2D eigenvalue weighted by Crippen LogP contribution is -2.39. The van der Waals surface area contributed by atoms with Crippen molar-refractivity contribution >= 4 is 48.4 Å². The summed E-state index contributed by atoms with van der Waals surface area (Å²) in [5, 5.41) is 46.6. The molecule has 24 atom stereocenters. The molecule has 7 aliphatic heterocycles. The molecular weight excluding hydrogens is 1670 g/mol. The highest BCUT2D eigenvalue weighted by molar-refractivity contribution is 14.1. The number of nitrogens with one attached hydrogen (secondary N) is 6. The SMILES string of the molecule is C.C.C.C.C.C=C1O[C@@H](n2ccc(=O)[nH]c2=O)[C@H](F)[C@@H]1C.C=C1O[C@@H](n2ccc(=O)[nH]c2=O)[C@H](F)[C@@H]1O.C=CC[C@]1(CO)O[C@@H](n2ccc(=O)[nH]c2=O)[C@H](F)[C@@H]1C.C[C@H]1[C@@H](F)[C@H](n2ccc(=O)[nH]c2=O)O[C@@]12CO2.O=c1ccn([C@@H]2O[C@H](CI)[C@@H](O)[C@H]2F)c(=O)[nH]1.O=c1ccn([C@@H]2O[C@H](CO)[C@@H](O)[C@H]2F)c(=O)[nH]1.P[P-]P. The number of hydrogen-bond donors (Lipinski definition) is 11. The molecule has 6 aromatic rings. The molecule has 7 saturated heterocycles. The van der Waals surface area contributed by atoms with E-state index in [9.17, 15) is 104 Å². The van der Waals surface area contributed by atoms with Crippen molar-refractivity contribution in [1.29, 1.82) is 0 Å². The summed E-state index contributed by atoms with van der Waals surface area (Å²) in [6, 6.07) is 6.61. The van der Waals surface area contributed by atoms with Crippen molar-refractivity contribution in [2.45, 2.75) is 181 Å². The van der Waals surface area contributed by atoms with Crippen LogP contribution in [0.4, 0.5) is 26.3 Å². The number of aromatic amines is 6. The molecule has 7 aliphatic rings. The van der Waals surface area contributed by atoms with Gasteiger partial charge in [-0.1, -0.05) is 99.7 Å². The first-order valence-corrected chi connectivity index (χ1v) is 36.9. The van der Waals surface area contributed by atoms with Gasteiger partial charge in [0.2, 0.25) is 12.5 Å². The summed E-state index contributed by atoms with van der Waals surface area (Å²) >= 11 is 1.96. The van der Waals surface area contributed by atoms with Gasteiger partial charge in [-0.15, -0.1) is 6.58 Å². The van der Waals surface area contributed by atoms with Crippen molar-refractivity contribution < 1.29 is 85.0 Å². The van der Waals surface area contributed by atoms with Crippen LogP contribution in [0.25, 0.3) is 0 Å². The fourth-order valence-electron chi connectivity index (χ4n) is 11.1. The van der Waals surface area contributed by atoms with E-state index in [-0.39, 0.29) is 55.9 Å². The van der Waals surface area contributed by atoms with Crippen molar-refractivity contribution in [3.05, 3.63) is 236 Å². The van der Waals surface area contributed by atoms with Crippen molar-refractivity contribution in [1.82, 2.24) is 57.3 Å². The second kappa shape index (κ2) is 42.8. The highest BCUT2D eigenvalue weighted by Gasteiger charge is 2.63. The van der Waals surface area contributed by atoms with Gasteiger partial charge in [0.1, 0.15) is 42.4 Å². The number of aliphatic hydroxyl groups is 5. The maximum atomic E-state index is 14.4. The van der Waals surface area contributed by atoms with Crippen LogP contribution in [0.5, 0.6) is 0 Å². The molecule has 0 aromatic carbocycles. The van der Waals surface area contributed by atoms with Gasteiger partial charge in [-0.05, 0) is 6.42 Å². The van der Waals surface area contributed by atoms with E-state index in [0.29, 0.717) is 16.8 Å². The van der Waals surface area contributed by atoms with Crippen molar-refractivity contribution in [2.75, 3.05) is 24.2 Å². The van der Waals surface area contributed by atoms with Crippen LogP contribution in [0.3, 0.4) is 0 Å². The Kier molecular flexibility index (Phi) is 38.3. The van der Waals surface area contributed by atoms with Gasteiger partial charge < -0.3 is 66.6 Å². The molecule has 13 rings (SSSR count). The topological polar surface area (TPSA) is 498 Å². The summed E-state index contributed by atoms with van der Waals surface area (Å²) in [7, 11) is 6.28. The van der Waals surface area contributed by atoms with Crippen LogP contribution >= 0.6 is 48.4 Å². The summed E-state index contributed by atoms with van der Waals surface area (Å²) in [5.74, 6) is -2.25. The van der Waals surface area contributed by atoms with E-state index in [1.165, 1.54) is 32.6 Å². The fraction of sp³-hybridized carbons (Fsp3) is 0.538. The number of H-pyrrole nitrogens is 6. The Morgan fingerprint density at radius 2 is 0.802 bits per heavy atom. The van der Waals surface area contributed by atoms with E-state index in [4.69, 9.17) is 38.3 Å². The van der Waals surface area contributed by atoms with E-state index >= 15 is 0 Å². The van der Waals surface area contributed by atoms with E-state index in [2.05, 4.69) is 47.6 Å². The number of rotatable bonds is 11. The number of alkyl halides is 7. The van der Waals surface area contributed by atoms with E-state index < -0.39 is 208 Å². The van der Waals surface area contributed by atoms with Gasteiger partial charge in [-0.25, -0.2) is 55.1 Å². The van der Waals surface area contributed by atoms with E-state index in [0.717, 1.165) is 82.4 Å². The second-order valence-electron chi connectivity index (χ2n) is 24.0. The number of allylic oxidation sites excluding steroid dienone is 1. The zero-order chi connectivity index (χ0) is 78.7. The van der Waals surface area contributed by atoms with Crippen molar-refractivity contribution in [3.8, 4) is 0 Å². The summed E-state index contributed by atoms with van der Waals surface area (Å²) in [6.45, 7) is 14.8. The number of aliphatic hydroxyl groups excluding tert-OH is 5. The average Bonchev–Trinajstić information content (AvgIpc) is 1.57. The summed E-state index contributed by atoms with van der Waals surface area (Å²) in [4.78, 5) is 146. The third-order valence-electron chi connectivity index (χ3n) is 17.3. The zero-order valence-electron chi connectivity index (χ0n) is 55.6. The Morgan fingerprint density at radius 1 is 0.495 bits per heavy atom. The van der Waals surface area contributed by atoms with Gasteiger partial charge in [0, 0.05) is 89.8 Å². The molecule has 13 heterocycles. The number of halogens is 7. The number of nitrogens with zero attached hydrogens (tertiary/aromatic N) is 6. The summed E-state index contributed by atoms with van der Waals surface area (Å²) in [5.41, 5.74) is -9.01. The maximum absolute atomic E-state index is 14.4. The number of epoxide rings is 1. The standard InChI is InChI=1S/C13H17FN2O4.C10H11FN2O4.C10H11FN2O3.C9H10FIN2O4.C9H11FN2O5.C9H9FN2O4.5CH4.H4P3/c1-3-5-13(7-17)8(2)10(14)11(20-13)16-6-4-9(18)15-12(16)19;1-5-7(11)8(17-10(5)4-16-10)13-3-2-6(14)12-9(13)15;1-5-6(2)16-9(8(5)11)13-4-3-7(14)12-10(13)15;10-6-7(15)4(3-11)17-8(6)13-2-1-5(14)12-9(13)16;10-6-7(15)4(3-13)17-8(6)12-2-1-5(14)11-9(12)16;1-4-7(14)6(10)8(16-4)12-3-2-5(13)11-9(12)15;;;;;;1-3-2/h3-4,6,8,10-11,17H,1,5,7H2,2H3,(H,15,18,19);2-3,5,7-8H,4H2,1H3,(H,12,14,15);3-5,8-9H,2H2,1H3,(H,12,14,15);1-2,4,6-8,15H,3H2,(H,12,14,16);1-2,4,6-8,13,15H,3H2,(H,11,14,16);2-3,6-8,14H,1H2,(H,11,13,15);5*1H4;1-2H2/q;;;;;;;;;;;-1/t8-,10+,11+,13+;5-,7+,8+,10-;5-,8-,9-;2*4-,6-,7-,8-;6-,7-,8-;;;;;;/m001111....../s1. The Balaban J connectivity index is 0.000000445. The number of hydrogen-bond acceptors (Lipinski definition) is 24. The van der Waals surface area contributed by atoms with Crippen LogP contribution in [0, 0.1) is 17.8 Å². The molecule has 2 unspecified atom stereocenters. The largest absolute Gasteiger partial charge is 0.489 e. The lowest BCUT2D eigenvalue weighted by atomic mass is 9.85. The Bertz CT molecular complexity index is 4650. The first-order chi connectivity index (χ1) is 50.0. The van der Waals surface area contributed by atoms with Crippen LogP contribution in [-0.2, 0) is 33.2 Å². The van der Waals surface area contributed by atoms with Crippen molar-refractivity contribution in [2.24, 2.45) is 17.8 Å². The third kappa shape index (κ3) is 22.7. The molecule has 11 N–H and O–H groups in total. The molecule has 0 saturated carbocycles. The molecule has 7 fully saturated rings. The maximum Gasteiger partial charge on any atom is 0.331 e. The molecule has 111 heavy (non-hydrogen) atoms. The highest BCUT2D eigenvalue weighted by Crippen LogP contribution is 2.51. The molecule has 0 bridgehead atoms. The van der Waals surface area contributed by atoms with E-state index in [1.54, 1.807) is 20.8 Å². The molecule has 1 spiro atoms. The molecular formula is C65H93F6IN12O24P3-.